The third kappa shape index (κ3) is 3.96. The Bertz CT molecular complexity index is 502. The van der Waals surface area contributed by atoms with Crippen LogP contribution in [0.25, 0.3) is 0 Å². The van der Waals surface area contributed by atoms with E-state index < -0.39 is 12.1 Å². The number of ether oxygens (including phenoxy) is 1. The fraction of sp³-hybridized carbons (Fsp3) is 0.571. The lowest BCUT2D eigenvalue weighted by atomic mass is 9.95. The Labute approximate surface area is 123 Å². The molecule has 0 radical (unpaired) electrons. The third-order valence-electron chi connectivity index (χ3n) is 2.66. The highest BCUT2D eigenvalue weighted by Crippen LogP contribution is 2.37. The number of carbonyl (C=O) groups excluding carboxylic acids is 1. The largest absolute Gasteiger partial charge is 0.479 e. The topological polar surface area (TPSA) is 75.6 Å². The van der Waals surface area contributed by atoms with Crippen LogP contribution in [0.2, 0.25) is 0 Å². The Hall–Kier alpha value is -1.56. The maximum absolute atomic E-state index is 11.7. The average Bonchev–Trinajstić information content (AvgIpc) is 2.73. The normalized spacial score (nSPS) is 12.8. The van der Waals surface area contributed by atoms with E-state index in [9.17, 15) is 14.7 Å². The second-order valence-electron chi connectivity index (χ2n) is 5.51. The molecule has 1 unspecified atom stereocenters. The van der Waals surface area contributed by atoms with Crippen molar-refractivity contribution in [1.29, 1.82) is 0 Å². The molecule has 5 nitrogen and oxygen atoms in total. The van der Waals surface area contributed by atoms with E-state index in [0.29, 0.717) is 6.54 Å². The van der Waals surface area contributed by atoms with Crippen LogP contribution >= 0.6 is 11.3 Å². The highest BCUT2D eigenvalue weighted by Gasteiger charge is 2.25. The molecule has 0 saturated heterocycles. The number of hydrogen-bond acceptors (Lipinski definition) is 4. The Morgan fingerprint density at radius 1 is 1.45 bits per heavy atom. The number of aromatic carboxylic acids is 1. The smallest absolute Gasteiger partial charge is 0.349 e. The SMILES string of the molecule is CCNC(=O)C(C)Oc1cc(C(C)(C)C)sc1C(=O)O. The van der Waals surface area contributed by atoms with E-state index in [-0.39, 0.29) is 21.9 Å². The van der Waals surface area contributed by atoms with E-state index in [1.54, 1.807) is 13.0 Å². The molecule has 112 valence electrons. The van der Waals surface area contributed by atoms with Gasteiger partial charge in [0, 0.05) is 11.4 Å². The monoisotopic (exact) mass is 299 g/mol. The van der Waals surface area contributed by atoms with Crippen molar-refractivity contribution >= 4 is 23.2 Å². The van der Waals surface area contributed by atoms with Crippen molar-refractivity contribution in [2.24, 2.45) is 0 Å². The zero-order chi connectivity index (χ0) is 15.5. The summed E-state index contributed by atoms with van der Waals surface area (Å²) >= 11 is 1.19. The van der Waals surface area contributed by atoms with Crippen LogP contribution in [0, 0.1) is 0 Å². The molecule has 6 heteroatoms. The van der Waals surface area contributed by atoms with Crippen molar-refractivity contribution in [3.05, 3.63) is 15.8 Å². The second-order valence-corrected chi connectivity index (χ2v) is 6.57. The van der Waals surface area contributed by atoms with E-state index in [1.165, 1.54) is 11.3 Å². The summed E-state index contributed by atoms with van der Waals surface area (Å²) in [6.45, 7) is 9.93. The van der Waals surface area contributed by atoms with E-state index in [4.69, 9.17) is 4.74 Å². The fourth-order valence-electron chi connectivity index (χ4n) is 1.54. The van der Waals surface area contributed by atoms with Crippen molar-refractivity contribution in [3.8, 4) is 5.75 Å². The van der Waals surface area contributed by atoms with Crippen LogP contribution in [0.5, 0.6) is 5.75 Å². The molecule has 0 aromatic carbocycles. The number of nitrogens with one attached hydrogen (secondary N) is 1. The molecular formula is C14H21NO4S. The van der Waals surface area contributed by atoms with Crippen LogP contribution in [0.4, 0.5) is 0 Å². The predicted octanol–water partition coefficient (Wildman–Crippen LogP) is 2.65. The Balaban J connectivity index is 3.02. The molecule has 0 aliphatic heterocycles. The summed E-state index contributed by atoms with van der Waals surface area (Å²) in [5, 5.41) is 11.9. The third-order valence-corrected chi connectivity index (χ3v) is 4.19. The number of rotatable bonds is 5. The fourth-order valence-corrected chi connectivity index (χ4v) is 2.53. The van der Waals surface area contributed by atoms with Gasteiger partial charge in [-0.1, -0.05) is 20.8 Å². The highest BCUT2D eigenvalue weighted by molar-refractivity contribution is 7.14. The summed E-state index contributed by atoms with van der Waals surface area (Å²) in [7, 11) is 0. The van der Waals surface area contributed by atoms with Gasteiger partial charge >= 0.3 is 5.97 Å². The molecule has 1 aromatic rings. The first kappa shape index (κ1) is 16.5. The minimum absolute atomic E-state index is 0.131. The van der Waals surface area contributed by atoms with Crippen molar-refractivity contribution < 1.29 is 19.4 Å². The standard InChI is InChI=1S/C14H21NO4S/c1-6-15-12(16)8(2)19-9-7-10(14(3,4)5)20-11(9)13(17)18/h7-8H,6H2,1-5H3,(H,15,16)(H,17,18). The molecule has 1 rings (SSSR count). The van der Waals surface area contributed by atoms with Gasteiger partial charge in [0.2, 0.25) is 0 Å². The van der Waals surface area contributed by atoms with Gasteiger partial charge < -0.3 is 15.2 Å². The van der Waals surface area contributed by atoms with Crippen molar-refractivity contribution in [3.63, 3.8) is 0 Å². The molecule has 1 heterocycles. The molecule has 1 atom stereocenters. The molecule has 0 bridgehead atoms. The zero-order valence-electron chi connectivity index (χ0n) is 12.4. The number of hydrogen-bond donors (Lipinski definition) is 2. The molecule has 0 fully saturated rings. The second kappa shape index (κ2) is 6.26. The number of carboxylic acid groups (broad SMARTS) is 1. The van der Waals surface area contributed by atoms with Gasteiger partial charge in [-0.25, -0.2) is 4.79 Å². The van der Waals surface area contributed by atoms with Gasteiger partial charge in [0.25, 0.3) is 5.91 Å². The minimum atomic E-state index is -1.04. The molecule has 20 heavy (non-hydrogen) atoms. The number of thiophene rings is 1. The van der Waals surface area contributed by atoms with Gasteiger partial charge in [0.05, 0.1) is 0 Å². The lowest BCUT2D eigenvalue weighted by molar-refractivity contribution is -0.127. The summed E-state index contributed by atoms with van der Waals surface area (Å²) in [6.07, 6.45) is -0.726. The van der Waals surface area contributed by atoms with Gasteiger partial charge in [-0.2, -0.15) is 0 Å². The molecule has 2 N–H and O–H groups in total. The Morgan fingerprint density at radius 3 is 2.50 bits per heavy atom. The van der Waals surface area contributed by atoms with E-state index >= 15 is 0 Å². The summed E-state index contributed by atoms with van der Waals surface area (Å²) in [5.74, 6) is -1.04. The number of carboxylic acids is 1. The summed E-state index contributed by atoms with van der Waals surface area (Å²) < 4.78 is 5.51. The van der Waals surface area contributed by atoms with Gasteiger partial charge in [0.1, 0.15) is 5.75 Å². The van der Waals surface area contributed by atoms with Crippen LogP contribution in [0.15, 0.2) is 6.07 Å². The van der Waals surface area contributed by atoms with Crippen LogP contribution in [0.3, 0.4) is 0 Å². The molecule has 1 amide bonds. The first-order valence-corrected chi connectivity index (χ1v) is 7.30. The van der Waals surface area contributed by atoms with Crippen LogP contribution in [-0.4, -0.2) is 29.6 Å². The Morgan fingerprint density at radius 2 is 2.05 bits per heavy atom. The number of carbonyl (C=O) groups is 2. The summed E-state index contributed by atoms with van der Waals surface area (Å²) in [4.78, 5) is 24.0. The van der Waals surface area contributed by atoms with E-state index in [1.807, 2.05) is 27.7 Å². The number of likely N-dealkylation sites (N-methyl/N-ethyl adjacent to an activating group) is 1. The number of amides is 1. The highest BCUT2D eigenvalue weighted by atomic mass is 32.1. The summed E-state index contributed by atoms with van der Waals surface area (Å²) in [5.41, 5.74) is -0.161. The Kier molecular flexibility index (Phi) is 5.16. The lowest BCUT2D eigenvalue weighted by Gasteiger charge is -2.15. The molecular weight excluding hydrogens is 278 g/mol. The zero-order valence-corrected chi connectivity index (χ0v) is 13.3. The molecule has 0 spiro atoms. The van der Waals surface area contributed by atoms with Gasteiger partial charge in [-0.05, 0) is 25.3 Å². The maximum atomic E-state index is 11.7. The first-order chi connectivity index (χ1) is 9.16. The molecule has 0 aliphatic rings. The van der Waals surface area contributed by atoms with Gasteiger partial charge in [0.15, 0.2) is 11.0 Å². The maximum Gasteiger partial charge on any atom is 0.349 e. The van der Waals surface area contributed by atoms with Gasteiger partial charge in [-0.15, -0.1) is 11.3 Å². The first-order valence-electron chi connectivity index (χ1n) is 6.48. The van der Waals surface area contributed by atoms with Crippen LogP contribution in [-0.2, 0) is 10.2 Å². The van der Waals surface area contributed by atoms with E-state index in [2.05, 4.69) is 5.32 Å². The molecule has 0 saturated carbocycles. The molecule has 1 aromatic heterocycles. The van der Waals surface area contributed by atoms with Crippen molar-refractivity contribution in [2.45, 2.75) is 46.1 Å². The quantitative estimate of drug-likeness (QED) is 0.876. The van der Waals surface area contributed by atoms with Gasteiger partial charge in [-0.3, -0.25) is 4.79 Å². The van der Waals surface area contributed by atoms with Crippen molar-refractivity contribution in [1.82, 2.24) is 5.32 Å². The van der Waals surface area contributed by atoms with Crippen LogP contribution < -0.4 is 10.1 Å². The average molecular weight is 299 g/mol. The minimum Gasteiger partial charge on any atom is -0.479 e. The molecule has 0 aliphatic carbocycles. The predicted molar refractivity (Wildman–Crippen MR) is 78.8 cm³/mol. The van der Waals surface area contributed by atoms with Crippen molar-refractivity contribution in [2.75, 3.05) is 6.54 Å². The van der Waals surface area contributed by atoms with E-state index in [0.717, 1.165) is 4.88 Å². The lowest BCUT2D eigenvalue weighted by Crippen LogP contribution is -2.36. The summed E-state index contributed by atoms with van der Waals surface area (Å²) in [6, 6.07) is 1.71. The van der Waals surface area contributed by atoms with Crippen LogP contribution in [0.1, 0.15) is 49.2 Å².